The Morgan fingerprint density at radius 3 is 2.20 bits per heavy atom. The fourth-order valence-electron chi connectivity index (χ4n) is 5.40. The second-order valence-corrected chi connectivity index (χ2v) is 10.1. The highest BCUT2D eigenvalue weighted by Gasteiger charge is 2.53. The van der Waals surface area contributed by atoms with Crippen LogP contribution >= 0.6 is 12.2 Å². The van der Waals surface area contributed by atoms with Crippen molar-refractivity contribution in [3.63, 3.8) is 0 Å². The molecule has 0 N–H and O–H groups in total. The van der Waals surface area contributed by atoms with Crippen LogP contribution in [0.25, 0.3) is 11.3 Å². The Balaban J connectivity index is 1.98. The van der Waals surface area contributed by atoms with Crippen LogP contribution in [0.3, 0.4) is 0 Å². The molecule has 0 amide bonds. The predicted molar refractivity (Wildman–Crippen MR) is 142 cm³/mol. The van der Waals surface area contributed by atoms with E-state index in [1.165, 1.54) is 20.1 Å². The number of rotatable bonds is 7. The summed E-state index contributed by atoms with van der Waals surface area (Å²) < 4.78 is 35.7. The van der Waals surface area contributed by atoms with Gasteiger partial charge in [0, 0.05) is 39.0 Å². The zero-order valence-corrected chi connectivity index (χ0v) is 23.9. The van der Waals surface area contributed by atoms with Gasteiger partial charge in [-0.3, -0.25) is 19.2 Å². The van der Waals surface area contributed by atoms with Gasteiger partial charge in [0.2, 0.25) is 0 Å². The smallest absolute Gasteiger partial charge is 0.303 e. The lowest BCUT2D eigenvalue weighted by atomic mass is 9.88. The molecule has 2 aromatic heterocycles. The highest BCUT2D eigenvalue weighted by molar-refractivity contribution is 7.71. The summed E-state index contributed by atoms with van der Waals surface area (Å²) in [6, 6.07) is 5.66. The first-order valence-corrected chi connectivity index (χ1v) is 13.5. The molecule has 3 heterocycles. The average molecular weight is 587 g/mol. The number of ether oxygens (including phenoxy) is 5. The van der Waals surface area contributed by atoms with E-state index in [1.807, 2.05) is 0 Å². The molecule has 1 aliphatic carbocycles. The van der Waals surface area contributed by atoms with Gasteiger partial charge in [-0.2, -0.15) is 5.26 Å². The monoisotopic (exact) mass is 586 g/mol. The SMILES string of the molecule is CC(=O)OC[C@H]1O[C@@H](n2c3c(c(-c4ccco4)c(C#N)c2=S)CCCC3)[C@H](OC(C)=O)[C@@H](OC(C)=O)[C@@H]1OC(C)=O. The van der Waals surface area contributed by atoms with E-state index >= 15 is 0 Å². The molecule has 4 rings (SSSR count). The highest BCUT2D eigenvalue weighted by Crippen LogP contribution is 2.41. The van der Waals surface area contributed by atoms with Crippen LogP contribution < -0.4 is 0 Å². The number of esters is 4. The predicted octanol–water partition coefficient (Wildman–Crippen LogP) is 3.48. The van der Waals surface area contributed by atoms with Crippen molar-refractivity contribution in [1.82, 2.24) is 4.57 Å². The maximum atomic E-state index is 12.4. The number of carbonyl (C=O) groups excluding carboxylic acids is 4. The van der Waals surface area contributed by atoms with Crippen molar-refractivity contribution in [3.05, 3.63) is 39.9 Å². The molecule has 13 heteroatoms. The minimum atomic E-state index is -1.36. The van der Waals surface area contributed by atoms with Crippen molar-refractivity contribution in [1.29, 1.82) is 5.26 Å². The van der Waals surface area contributed by atoms with E-state index in [9.17, 15) is 24.4 Å². The lowest BCUT2D eigenvalue weighted by Gasteiger charge is -2.46. The molecular formula is C28H30N2O10S. The molecule has 0 bridgehead atoms. The highest BCUT2D eigenvalue weighted by atomic mass is 32.1. The molecule has 0 radical (unpaired) electrons. The number of aromatic nitrogens is 1. The molecule has 0 unspecified atom stereocenters. The molecule has 1 saturated heterocycles. The maximum absolute atomic E-state index is 12.4. The molecule has 218 valence electrons. The maximum Gasteiger partial charge on any atom is 0.303 e. The van der Waals surface area contributed by atoms with Crippen LogP contribution in [0.2, 0.25) is 0 Å². The molecule has 0 aromatic carbocycles. The average Bonchev–Trinajstić information content (AvgIpc) is 3.43. The summed E-state index contributed by atoms with van der Waals surface area (Å²) in [5, 5.41) is 10.3. The van der Waals surface area contributed by atoms with Gasteiger partial charge >= 0.3 is 23.9 Å². The van der Waals surface area contributed by atoms with E-state index < -0.39 is 54.5 Å². The number of fused-ring (bicyclic) bond motifs is 1. The third-order valence-corrected chi connectivity index (χ3v) is 7.21. The van der Waals surface area contributed by atoms with Gasteiger partial charge in [0.15, 0.2) is 24.5 Å². The van der Waals surface area contributed by atoms with Crippen molar-refractivity contribution >= 4 is 36.1 Å². The number of carbonyl (C=O) groups is 4. The van der Waals surface area contributed by atoms with E-state index in [-0.39, 0.29) is 16.8 Å². The fourth-order valence-corrected chi connectivity index (χ4v) is 5.77. The molecule has 0 saturated carbocycles. The van der Waals surface area contributed by atoms with Gasteiger partial charge in [-0.15, -0.1) is 0 Å². The van der Waals surface area contributed by atoms with E-state index in [4.69, 9.17) is 40.3 Å². The summed E-state index contributed by atoms with van der Waals surface area (Å²) in [6.07, 6.45) is -2.10. The van der Waals surface area contributed by atoms with Crippen LogP contribution in [0, 0.1) is 16.0 Å². The molecule has 41 heavy (non-hydrogen) atoms. The van der Waals surface area contributed by atoms with Crippen molar-refractivity contribution < 1.29 is 47.3 Å². The van der Waals surface area contributed by atoms with Crippen LogP contribution in [-0.2, 0) is 55.7 Å². The molecular weight excluding hydrogens is 556 g/mol. The Bertz CT molecular complexity index is 1440. The summed E-state index contributed by atoms with van der Waals surface area (Å²) in [6.45, 7) is 4.30. The van der Waals surface area contributed by atoms with Crippen LogP contribution in [0.4, 0.5) is 0 Å². The Hall–Kier alpha value is -4.02. The number of pyridine rings is 1. The van der Waals surface area contributed by atoms with Gasteiger partial charge < -0.3 is 32.7 Å². The molecule has 5 atom stereocenters. The first kappa shape index (κ1) is 30.0. The van der Waals surface area contributed by atoms with Crippen LogP contribution in [-0.4, -0.2) is 59.5 Å². The molecule has 12 nitrogen and oxygen atoms in total. The zero-order chi connectivity index (χ0) is 29.8. The normalized spacial score (nSPS) is 23.4. The van der Waals surface area contributed by atoms with E-state index in [0.29, 0.717) is 24.2 Å². The van der Waals surface area contributed by atoms with Gasteiger partial charge in [0.1, 0.15) is 29.2 Å². The summed E-state index contributed by atoms with van der Waals surface area (Å²) in [5.74, 6) is -2.34. The van der Waals surface area contributed by atoms with Crippen LogP contribution in [0.15, 0.2) is 22.8 Å². The van der Waals surface area contributed by atoms with Gasteiger partial charge in [0.25, 0.3) is 0 Å². The van der Waals surface area contributed by atoms with Crippen LogP contribution in [0.1, 0.15) is 63.6 Å². The van der Waals surface area contributed by atoms with Gasteiger partial charge in [-0.05, 0) is 43.4 Å². The van der Waals surface area contributed by atoms with E-state index in [0.717, 1.165) is 37.9 Å². The number of nitrogens with zero attached hydrogens (tertiary/aromatic N) is 2. The second kappa shape index (κ2) is 12.7. The summed E-state index contributed by atoms with van der Waals surface area (Å²) in [5.41, 5.74) is 2.29. The third-order valence-electron chi connectivity index (χ3n) is 6.81. The van der Waals surface area contributed by atoms with Crippen molar-refractivity contribution in [2.24, 2.45) is 0 Å². The number of hydrogen-bond acceptors (Lipinski definition) is 12. The lowest BCUT2D eigenvalue weighted by molar-refractivity contribution is -0.269. The molecule has 1 aliphatic heterocycles. The minimum absolute atomic E-state index is 0.0837. The fraction of sp³-hybridized carbons (Fsp3) is 0.500. The summed E-state index contributed by atoms with van der Waals surface area (Å²) >= 11 is 5.86. The Labute approximate surface area is 241 Å². The quantitative estimate of drug-likeness (QED) is 0.265. The topological polar surface area (TPSA) is 156 Å². The third kappa shape index (κ3) is 6.34. The van der Waals surface area contributed by atoms with Gasteiger partial charge in [0.05, 0.1) is 11.8 Å². The largest absolute Gasteiger partial charge is 0.464 e. The Morgan fingerprint density at radius 2 is 1.61 bits per heavy atom. The molecule has 2 aromatic rings. The molecule has 1 fully saturated rings. The Morgan fingerprint density at radius 1 is 0.976 bits per heavy atom. The minimum Gasteiger partial charge on any atom is -0.464 e. The van der Waals surface area contributed by atoms with Crippen molar-refractivity contribution in [3.8, 4) is 17.4 Å². The summed E-state index contributed by atoms with van der Waals surface area (Å²) in [4.78, 5) is 48.4. The lowest BCUT2D eigenvalue weighted by Crippen LogP contribution is -2.61. The number of hydrogen-bond donors (Lipinski definition) is 0. The van der Waals surface area contributed by atoms with Gasteiger partial charge in [-0.1, -0.05) is 12.2 Å². The first-order chi connectivity index (χ1) is 19.5. The van der Waals surface area contributed by atoms with Crippen molar-refractivity contribution in [2.45, 2.75) is 84.0 Å². The zero-order valence-electron chi connectivity index (χ0n) is 23.0. The summed E-state index contributed by atoms with van der Waals surface area (Å²) in [7, 11) is 0. The molecule has 0 spiro atoms. The number of furan rings is 1. The second-order valence-electron chi connectivity index (χ2n) is 9.74. The number of nitriles is 1. The van der Waals surface area contributed by atoms with Gasteiger partial charge in [-0.25, -0.2) is 0 Å². The van der Waals surface area contributed by atoms with E-state index in [2.05, 4.69) is 6.07 Å². The standard InChI is InChI=1S/C28H30N2O10S/c1-14(31)36-13-22-24(37-15(2)32)25(38-16(3)33)26(39-17(4)34)27(40-22)30-20-9-6-5-8-18(20)23(19(12-29)28(30)41)21-10-7-11-35-21/h7,10-11,22,24-27H,5-6,8-9,13H2,1-4H3/t22-,24-,25+,26-,27-/m1/s1. The first-order valence-electron chi connectivity index (χ1n) is 13.1. The Kier molecular flexibility index (Phi) is 9.25. The van der Waals surface area contributed by atoms with Crippen molar-refractivity contribution in [2.75, 3.05) is 6.61 Å². The van der Waals surface area contributed by atoms with Crippen LogP contribution in [0.5, 0.6) is 0 Å². The van der Waals surface area contributed by atoms with E-state index in [1.54, 1.807) is 16.7 Å². The molecule has 2 aliphatic rings.